The van der Waals surface area contributed by atoms with Gasteiger partial charge in [0.05, 0.1) is 17.7 Å². The molecule has 2 N–H and O–H groups in total. The molecule has 0 saturated heterocycles. The van der Waals surface area contributed by atoms with Crippen LogP contribution < -0.4 is 4.74 Å². The zero-order valence-electron chi connectivity index (χ0n) is 18.2. The van der Waals surface area contributed by atoms with E-state index in [0.29, 0.717) is 40.5 Å². The summed E-state index contributed by atoms with van der Waals surface area (Å²) < 4.78 is 5.40. The van der Waals surface area contributed by atoms with E-state index in [4.69, 9.17) is 21.7 Å². The van der Waals surface area contributed by atoms with Crippen LogP contribution in [-0.2, 0) is 6.42 Å². The Labute approximate surface area is 179 Å². The smallest absolute Gasteiger partial charge is 0.154 e. The van der Waals surface area contributed by atoms with Crippen LogP contribution in [-0.4, -0.2) is 24.2 Å². The number of phenolic OH excluding ortho intramolecular Hbond substituents is 1. The van der Waals surface area contributed by atoms with Crippen LogP contribution in [0.1, 0.15) is 62.0 Å². The second-order valence-electron chi connectivity index (χ2n) is 8.37. The first-order valence-electron chi connectivity index (χ1n) is 10.0. The number of hydrogen-bond donors (Lipinski definition) is 2. The molecule has 0 aliphatic heterocycles. The Kier molecular flexibility index (Phi) is 7.34. The molecule has 0 heterocycles. The Morgan fingerprint density at radius 3 is 2.66 bits per heavy atom. The summed E-state index contributed by atoms with van der Waals surface area (Å²) in [4.78, 5) is 11.4. The second kappa shape index (κ2) is 9.17. The Morgan fingerprint density at radius 1 is 1.41 bits per heavy atom. The van der Waals surface area contributed by atoms with Gasteiger partial charge in [-0.25, -0.2) is 0 Å². The van der Waals surface area contributed by atoms with Gasteiger partial charge in [0.1, 0.15) is 11.5 Å². The van der Waals surface area contributed by atoms with Gasteiger partial charge in [-0.2, -0.15) is 0 Å². The quantitative estimate of drug-likeness (QED) is 0.420. The fraction of sp³-hybridized carbons (Fsp3) is 0.500. The maximum Gasteiger partial charge on any atom is 0.154 e. The highest BCUT2D eigenvalue weighted by atomic mass is 35.5. The summed E-state index contributed by atoms with van der Waals surface area (Å²) in [5.41, 5.74) is 3.02. The predicted octanol–water partition coefficient (Wildman–Crippen LogP) is 6.31. The van der Waals surface area contributed by atoms with Crippen molar-refractivity contribution in [2.75, 3.05) is 7.11 Å². The number of aldehydes is 1. The standard InChI is InChI=1S/C24H32ClNO3/c1-14(11-12-24(5)15(2)8-10-20(26)17(24)4)7-9-18-22(28)19(13-27)16(3)21(25)23(18)29-6/h7,11-13,15,17,26,28H,8-10H2,1-6H3/b12-11+,14-7+,26-20?/t15-,17+,24+/m1/s1. The van der Waals surface area contributed by atoms with E-state index in [1.807, 2.05) is 13.0 Å². The Bertz CT molecular complexity index is 872. The summed E-state index contributed by atoms with van der Waals surface area (Å²) in [7, 11) is 1.50. The molecule has 0 unspecified atom stereocenters. The van der Waals surface area contributed by atoms with E-state index in [2.05, 4.69) is 32.9 Å². The summed E-state index contributed by atoms with van der Waals surface area (Å²) >= 11 is 6.35. The molecule has 5 heteroatoms. The van der Waals surface area contributed by atoms with Crippen LogP contribution in [0.15, 0.2) is 23.8 Å². The Morgan fingerprint density at radius 2 is 2.07 bits per heavy atom. The largest absolute Gasteiger partial charge is 0.507 e. The molecule has 1 aromatic carbocycles. The third-order valence-corrected chi connectivity index (χ3v) is 7.22. The minimum atomic E-state index is -0.0817. The van der Waals surface area contributed by atoms with E-state index in [1.54, 1.807) is 6.92 Å². The lowest BCUT2D eigenvalue weighted by molar-refractivity contribution is 0.112. The highest BCUT2D eigenvalue weighted by Crippen LogP contribution is 2.45. The zero-order valence-corrected chi connectivity index (χ0v) is 19.0. The van der Waals surface area contributed by atoms with E-state index in [-0.39, 0.29) is 22.6 Å². The average Bonchev–Trinajstić information content (AvgIpc) is 2.70. The van der Waals surface area contributed by atoms with Gasteiger partial charge in [0, 0.05) is 17.2 Å². The van der Waals surface area contributed by atoms with E-state index in [1.165, 1.54) is 7.11 Å². The van der Waals surface area contributed by atoms with Crippen molar-refractivity contribution in [3.63, 3.8) is 0 Å². The van der Waals surface area contributed by atoms with Crippen LogP contribution in [0.5, 0.6) is 11.5 Å². The van der Waals surface area contributed by atoms with E-state index in [9.17, 15) is 9.90 Å². The summed E-state index contributed by atoms with van der Waals surface area (Å²) in [6.07, 6.45) is 9.23. The van der Waals surface area contributed by atoms with Crippen molar-refractivity contribution >= 4 is 23.6 Å². The lowest BCUT2D eigenvalue weighted by Gasteiger charge is -2.43. The van der Waals surface area contributed by atoms with Gasteiger partial charge in [0.25, 0.3) is 0 Å². The number of ether oxygens (including phenoxy) is 1. The monoisotopic (exact) mass is 417 g/mol. The highest BCUT2D eigenvalue weighted by Gasteiger charge is 2.39. The minimum Gasteiger partial charge on any atom is -0.507 e. The van der Waals surface area contributed by atoms with Crippen molar-refractivity contribution in [1.29, 1.82) is 5.41 Å². The normalized spacial score (nSPS) is 25.5. The van der Waals surface area contributed by atoms with Gasteiger partial charge in [0.2, 0.25) is 0 Å². The average molecular weight is 418 g/mol. The van der Waals surface area contributed by atoms with E-state index >= 15 is 0 Å². The molecule has 158 valence electrons. The number of halogens is 1. The number of nitrogens with one attached hydrogen (secondary N) is 1. The molecule has 1 aromatic rings. The van der Waals surface area contributed by atoms with Crippen molar-refractivity contribution in [3.8, 4) is 11.5 Å². The van der Waals surface area contributed by atoms with E-state index < -0.39 is 0 Å². The zero-order chi connectivity index (χ0) is 21.9. The Hall–Kier alpha value is -2.07. The molecule has 0 aromatic heterocycles. The summed E-state index contributed by atoms with van der Waals surface area (Å²) in [6.45, 7) is 10.3. The molecule has 4 nitrogen and oxygen atoms in total. The van der Waals surface area contributed by atoms with Gasteiger partial charge in [-0.15, -0.1) is 0 Å². The molecule has 29 heavy (non-hydrogen) atoms. The van der Waals surface area contributed by atoms with Crippen LogP contribution >= 0.6 is 11.6 Å². The van der Waals surface area contributed by atoms with Crippen molar-refractivity contribution in [3.05, 3.63) is 45.5 Å². The molecule has 2 rings (SSSR count). The SMILES string of the molecule is COc1c(Cl)c(C)c(C=O)c(O)c1C/C=C(C)/C=C/[C@@]1(C)[C@H](C)CCC(=N)[C@@H]1C. The Balaban J connectivity index is 2.33. The third kappa shape index (κ3) is 4.42. The van der Waals surface area contributed by atoms with Gasteiger partial charge < -0.3 is 15.3 Å². The number of rotatable bonds is 6. The van der Waals surface area contributed by atoms with Gasteiger partial charge in [-0.3, -0.25) is 4.79 Å². The first-order chi connectivity index (χ1) is 13.6. The number of benzene rings is 1. The van der Waals surface area contributed by atoms with Gasteiger partial charge in [-0.05, 0) is 50.0 Å². The molecular formula is C24H32ClNO3. The lowest BCUT2D eigenvalue weighted by Crippen LogP contribution is -2.39. The topological polar surface area (TPSA) is 70.4 Å². The van der Waals surface area contributed by atoms with Crippen molar-refractivity contribution in [2.45, 2.75) is 53.9 Å². The van der Waals surface area contributed by atoms with Crippen LogP contribution in [0.25, 0.3) is 0 Å². The number of allylic oxidation sites excluding steroid dienone is 4. The van der Waals surface area contributed by atoms with Crippen molar-refractivity contribution in [1.82, 2.24) is 0 Å². The lowest BCUT2D eigenvalue weighted by atomic mass is 9.61. The fourth-order valence-electron chi connectivity index (χ4n) is 4.07. The second-order valence-corrected chi connectivity index (χ2v) is 8.75. The number of aromatic hydroxyl groups is 1. The van der Waals surface area contributed by atoms with Gasteiger partial charge in [-0.1, -0.05) is 56.2 Å². The first-order valence-corrected chi connectivity index (χ1v) is 10.4. The summed E-state index contributed by atoms with van der Waals surface area (Å²) in [6, 6.07) is 0. The first kappa shape index (κ1) is 23.2. The van der Waals surface area contributed by atoms with Crippen molar-refractivity contribution < 1.29 is 14.6 Å². The fourth-order valence-corrected chi connectivity index (χ4v) is 4.36. The molecule has 1 saturated carbocycles. The molecule has 1 aliphatic rings. The summed E-state index contributed by atoms with van der Waals surface area (Å²) in [5, 5.41) is 19.1. The molecule has 0 spiro atoms. The van der Waals surface area contributed by atoms with Crippen LogP contribution in [0.3, 0.4) is 0 Å². The van der Waals surface area contributed by atoms with Crippen LogP contribution in [0, 0.1) is 29.6 Å². The van der Waals surface area contributed by atoms with Crippen molar-refractivity contribution in [2.24, 2.45) is 17.3 Å². The number of carbonyl (C=O) groups excluding carboxylic acids is 1. The maximum atomic E-state index is 11.4. The molecule has 1 aliphatic carbocycles. The minimum absolute atomic E-state index is 0.0535. The number of hydrogen-bond acceptors (Lipinski definition) is 4. The molecule has 3 atom stereocenters. The van der Waals surface area contributed by atoms with Gasteiger partial charge >= 0.3 is 0 Å². The third-order valence-electron chi connectivity index (χ3n) is 6.77. The molecule has 1 fully saturated rings. The van der Waals surface area contributed by atoms with E-state index in [0.717, 1.165) is 24.1 Å². The van der Waals surface area contributed by atoms with Gasteiger partial charge in [0.15, 0.2) is 6.29 Å². The van der Waals surface area contributed by atoms with Crippen LogP contribution in [0.4, 0.5) is 0 Å². The molecule has 0 radical (unpaired) electrons. The molecule has 0 amide bonds. The molecular weight excluding hydrogens is 386 g/mol. The van der Waals surface area contributed by atoms with Crippen LogP contribution in [0.2, 0.25) is 5.02 Å². The predicted molar refractivity (Wildman–Crippen MR) is 120 cm³/mol. The number of methoxy groups -OCH3 is 1. The molecule has 0 bridgehead atoms. The number of carbonyl (C=O) groups is 1. The number of phenols is 1. The summed E-state index contributed by atoms with van der Waals surface area (Å²) in [5.74, 6) is 1.04. The maximum absolute atomic E-state index is 11.4. The highest BCUT2D eigenvalue weighted by molar-refractivity contribution is 6.33.